The minimum atomic E-state index is -3.36. The summed E-state index contributed by atoms with van der Waals surface area (Å²) in [5.74, 6) is 0.726. The Bertz CT molecular complexity index is 1760. The maximum atomic E-state index is 13.4. The molecule has 0 saturated heterocycles. The van der Waals surface area contributed by atoms with Crippen molar-refractivity contribution in [3.8, 4) is 17.2 Å². The zero-order chi connectivity index (χ0) is 31.5. The molecule has 5 rings (SSSR count). The Kier molecular flexibility index (Phi) is 8.93. The van der Waals surface area contributed by atoms with Crippen LogP contribution in [0.5, 0.6) is 17.2 Å². The van der Waals surface area contributed by atoms with Crippen LogP contribution in [-0.2, 0) is 34.1 Å². The van der Waals surface area contributed by atoms with Gasteiger partial charge < -0.3 is 19.1 Å². The molecule has 0 atom stereocenters. The number of anilines is 1. The van der Waals surface area contributed by atoms with Crippen LogP contribution in [0.1, 0.15) is 47.3 Å². The fraction of sp³-hybridized carbons (Fsp3) is 0.281. The summed E-state index contributed by atoms with van der Waals surface area (Å²) in [4.78, 5) is 33.3. The number of nitrogens with zero attached hydrogens (tertiary/aromatic N) is 2. The number of thiazole rings is 1. The van der Waals surface area contributed by atoms with Gasteiger partial charge in [0.2, 0.25) is 0 Å². The summed E-state index contributed by atoms with van der Waals surface area (Å²) in [5, 5.41) is 3.29. The van der Waals surface area contributed by atoms with E-state index >= 15 is 0 Å². The van der Waals surface area contributed by atoms with Gasteiger partial charge in [-0.3, -0.25) is 10.1 Å². The number of amides is 2. The van der Waals surface area contributed by atoms with Gasteiger partial charge in [0.1, 0.15) is 29.5 Å². The lowest BCUT2D eigenvalue weighted by molar-refractivity contribution is 0.0225. The van der Waals surface area contributed by atoms with E-state index in [4.69, 9.17) is 14.2 Å². The molecular weight excluding hydrogens is 603 g/mol. The molecule has 10 nitrogen and oxygen atoms in total. The second kappa shape index (κ2) is 12.7. The van der Waals surface area contributed by atoms with Crippen LogP contribution in [0.2, 0.25) is 0 Å². The lowest BCUT2D eigenvalue weighted by atomic mass is 10.2. The summed E-state index contributed by atoms with van der Waals surface area (Å²) in [6, 6.07) is 20.5. The summed E-state index contributed by atoms with van der Waals surface area (Å²) in [6.45, 7) is 6.60. The fourth-order valence-corrected chi connectivity index (χ4v) is 6.03. The second-order valence-electron chi connectivity index (χ2n) is 11.3. The Labute approximate surface area is 260 Å². The van der Waals surface area contributed by atoms with Gasteiger partial charge in [0, 0.05) is 35.7 Å². The fourth-order valence-electron chi connectivity index (χ4n) is 4.38. The van der Waals surface area contributed by atoms with Crippen molar-refractivity contribution in [3.05, 3.63) is 94.5 Å². The maximum Gasteiger partial charge on any atom is 0.410 e. The molecule has 1 aliphatic heterocycles. The van der Waals surface area contributed by atoms with Crippen molar-refractivity contribution < 1.29 is 32.2 Å². The van der Waals surface area contributed by atoms with E-state index in [2.05, 4.69) is 10.3 Å². The number of carbonyl (C=O) groups is 2. The number of hydrogen-bond donors (Lipinski definition) is 1. The summed E-state index contributed by atoms with van der Waals surface area (Å²) in [7, 11) is -3.36. The van der Waals surface area contributed by atoms with Crippen molar-refractivity contribution in [2.24, 2.45) is 0 Å². The predicted octanol–water partition coefficient (Wildman–Crippen LogP) is 6.46. The van der Waals surface area contributed by atoms with Crippen LogP contribution in [-0.4, -0.2) is 48.7 Å². The van der Waals surface area contributed by atoms with Gasteiger partial charge in [-0.25, -0.2) is 18.2 Å². The molecule has 12 heteroatoms. The third-order valence-electron chi connectivity index (χ3n) is 6.48. The first-order chi connectivity index (χ1) is 20.8. The molecule has 1 N–H and O–H groups in total. The first kappa shape index (κ1) is 31.0. The van der Waals surface area contributed by atoms with Crippen LogP contribution in [0.3, 0.4) is 0 Å². The summed E-state index contributed by atoms with van der Waals surface area (Å²) < 4.78 is 41.2. The standard InChI is InChI=1S/C32H33N3O7S2/c1-32(2,3)42-31(37)35-15-14-27-28(19-35)43-30(33-27)34-29(36)22-16-24(40-20-21-8-6-5-7-9-21)18-25(17-22)41-23-10-12-26(13-11-23)44(4,38)39/h5-13,16-18H,14-15,19-20H2,1-4H3,(H,33,34,36). The molecular formula is C32H33N3O7S2. The van der Waals surface area contributed by atoms with E-state index in [0.717, 1.165) is 22.4 Å². The van der Waals surface area contributed by atoms with E-state index in [1.165, 1.54) is 23.5 Å². The van der Waals surface area contributed by atoms with Crippen LogP contribution in [0.4, 0.5) is 9.93 Å². The molecule has 2 heterocycles. The van der Waals surface area contributed by atoms with Crippen LogP contribution >= 0.6 is 11.3 Å². The molecule has 4 aromatic rings. The first-order valence-electron chi connectivity index (χ1n) is 13.9. The van der Waals surface area contributed by atoms with Gasteiger partial charge in [0.25, 0.3) is 5.91 Å². The number of aromatic nitrogens is 1. The normalized spacial score (nSPS) is 13.1. The number of sulfone groups is 1. The van der Waals surface area contributed by atoms with Crippen molar-refractivity contribution in [1.29, 1.82) is 0 Å². The Morgan fingerprint density at radius 1 is 0.977 bits per heavy atom. The summed E-state index contributed by atoms with van der Waals surface area (Å²) in [5.41, 5.74) is 1.48. The van der Waals surface area contributed by atoms with E-state index in [0.29, 0.717) is 41.9 Å². The highest BCUT2D eigenvalue weighted by Gasteiger charge is 2.28. The molecule has 44 heavy (non-hydrogen) atoms. The monoisotopic (exact) mass is 635 g/mol. The second-order valence-corrected chi connectivity index (χ2v) is 14.4. The average Bonchev–Trinajstić information content (AvgIpc) is 3.37. The molecule has 230 valence electrons. The Hall–Kier alpha value is -4.42. The van der Waals surface area contributed by atoms with Gasteiger partial charge in [-0.05, 0) is 62.7 Å². The van der Waals surface area contributed by atoms with Gasteiger partial charge in [-0.15, -0.1) is 0 Å². The lowest BCUT2D eigenvalue weighted by Gasteiger charge is -2.29. The smallest absolute Gasteiger partial charge is 0.410 e. The lowest BCUT2D eigenvalue weighted by Crippen LogP contribution is -2.39. The van der Waals surface area contributed by atoms with Crippen molar-refractivity contribution in [2.75, 3.05) is 18.1 Å². The summed E-state index contributed by atoms with van der Waals surface area (Å²) in [6.07, 6.45) is 1.31. The van der Waals surface area contributed by atoms with Gasteiger partial charge in [0.15, 0.2) is 15.0 Å². The molecule has 3 aromatic carbocycles. The summed E-state index contributed by atoms with van der Waals surface area (Å²) >= 11 is 1.32. The van der Waals surface area contributed by atoms with Crippen LogP contribution in [0, 0.1) is 0 Å². The van der Waals surface area contributed by atoms with Gasteiger partial charge >= 0.3 is 6.09 Å². The van der Waals surface area contributed by atoms with E-state index in [9.17, 15) is 18.0 Å². The zero-order valence-corrected chi connectivity index (χ0v) is 26.5. The minimum absolute atomic E-state index is 0.172. The van der Waals surface area contributed by atoms with Crippen molar-refractivity contribution >= 4 is 38.3 Å². The number of rotatable bonds is 8. The molecule has 0 spiro atoms. The quantitative estimate of drug-likeness (QED) is 0.234. The SMILES string of the molecule is CC(C)(C)OC(=O)N1CCc2nc(NC(=O)c3cc(OCc4ccccc4)cc(Oc4ccc(S(C)(=O)=O)cc4)c3)sc2C1. The van der Waals surface area contributed by atoms with Crippen LogP contribution < -0.4 is 14.8 Å². The Morgan fingerprint density at radius 3 is 2.36 bits per heavy atom. The van der Waals surface area contributed by atoms with E-state index in [-0.39, 0.29) is 23.2 Å². The van der Waals surface area contributed by atoms with Crippen LogP contribution in [0.25, 0.3) is 0 Å². The third-order valence-corrected chi connectivity index (χ3v) is 8.61. The zero-order valence-electron chi connectivity index (χ0n) is 24.8. The van der Waals surface area contributed by atoms with Crippen LogP contribution in [0.15, 0.2) is 77.7 Å². The molecule has 0 aliphatic carbocycles. The van der Waals surface area contributed by atoms with Gasteiger partial charge in [-0.1, -0.05) is 41.7 Å². The van der Waals surface area contributed by atoms with Gasteiger partial charge in [0.05, 0.1) is 17.1 Å². The minimum Gasteiger partial charge on any atom is -0.489 e. The topological polar surface area (TPSA) is 124 Å². The van der Waals surface area contributed by atoms with E-state index in [1.54, 1.807) is 35.2 Å². The number of carbonyl (C=O) groups excluding carboxylic acids is 2. The molecule has 1 aromatic heterocycles. The number of ether oxygens (including phenoxy) is 3. The molecule has 1 aliphatic rings. The third kappa shape index (κ3) is 8.14. The average molecular weight is 636 g/mol. The van der Waals surface area contributed by atoms with Gasteiger partial charge in [-0.2, -0.15) is 0 Å². The highest BCUT2D eigenvalue weighted by molar-refractivity contribution is 7.90. The molecule has 0 bridgehead atoms. The molecule has 0 fully saturated rings. The predicted molar refractivity (Wildman–Crippen MR) is 167 cm³/mol. The first-order valence-corrected chi connectivity index (χ1v) is 16.6. The van der Waals surface area contributed by atoms with Crippen molar-refractivity contribution in [1.82, 2.24) is 9.88 Å². The number of nitrogens with one attached hydrogen (secondary N) is 1. The van der Waals surface area contributed by atoms with E-state index < -0.39 is 21.3 Å². The van der Waals surface area contributed by atoms with Crippen molar-refractivity contribution in [2.45, 2.75) is 50.8 Å². The maximum absolute atomic E-state index is 13.4. The van der Waals surface area contributed by atoms with E-state index in [1.807, 2.05) is 51.1 Å². The number of hydrogen-bond acceptors (Lipinski definition) is 9. The molecule has 0 unspecified atom stereocenters. The number of benzene rings is 3. The highest BCUT2D eigenvalue weighted by atomic mass is 32.2. The Balaban J connectivity index is 1.34. The highest BCUT2D eigenvalue weighted by Crippen LogP contribution is 2.32. The molecule has 0 radical (unpaired) electrons. The molecule has 2 amide bonds. The van der Waals surface area contributed by atoms with Crippen molar-refractivity contribution in [3.63, 3.8) is 0 Å². The molecule has 0 saturated carbocycles. The number of fused-ring (bicyclic) bond motifs is 1. The largest absolute Gasteiger partial charge is 0.489 e. The Morgan fingerprint density at radius 2 is 1.68 bits per heavy atom.